The molecule has 3 aromatic heterocycles. The molecule has 0 amide bonds. The summed E-state index contributed by atoms with van der Waals surface area (Å²) in [6, 6.07) is 75.7. The maximum atomic E-state index is 2.41. The fraction of sp³-hybridized carbons (Fsp3) is 0. The van der Waals surface area contributed by atoms with Gasteiger partial charge in [-0.3, -0.25) is 0 Å². The topological polar surface area (TPSA) is 9.86 Å². The Bertz CT molecular complexity index is 3490. The molecule has 12 rings (SSSR count). The molecule has 0 aliphatic heterocycles. The van der Waals surface area contributed by atoms with E-state index in [-0.39, 0.29) is 0 Å². The number of fused-ring (bicyclic) bond motifs is 9. The van der Waals surface area contributed by atoms with E-state index in [2.05, 4.69) is 215 Å². The lowest BCUT2D eigenvalue weighted by Gasteiger charge is -2.11. The van der Waals surface area contributed by atoms with E-state index in [9.17, 15) is 0 Å². The van der Waals surface area contributed by atoms with Crippen LogP contribution in [0.4, 0.5) is 0 Å². The lowest BCUT2D eigenvalue weighted by Crippen LogP contribution is -1.94. The number of rotatable bonds is 5. The maximum Gasteiger partial charge on any atom is 0.0541 e. The number of hydrogen-bond acceptors (Lipinski definition) is 1. The zero-order valence-corrected chi connectivity index (χ0v) is 31.7. The van der Waals surface area contributed by atoms with Crippen molar-refractivity contribution < 1.29 is 0 Å². The van der Waals surface area contributed by atoms with Gasteiger partial charge in [-0.15, -0.1) is 11.3 Å². The third-order valence-electron chi connectivity index (χ3n) is 11.7. The number of thiophene rings is 1. The van der Waals surface area contributed by atoms with E-state index in [1.54, 1.807) is 0 Å². The minimum Gasteiger partial charge on any atom is -0.309 e. The minimum absolute atomic E-state index is 1.16. The van der Waals surface area contributed by atoms with Crippen LogP contribution in [0.25, 0.3) is 109 Å². The van der Waals surface area contributed by atoms with E-state index in [1.165, 1.54) is 97.2 Å². The first-order valence-electron chi connectivity index (χ1n) is 19.5. The summed E-state index contributed by atoms with van der Waals surface area (Å²) in [6.07, 6.45) is 0. The Labute approximate surface area is 333 Å². The van der Waals surface area contributed by atoms with Crippen LogP contribution in [0.1, 0.15) is 0 Å². The Morgan fingerprint density at radius 1 is 0.246 bits per heavy atom. The molecule has 0 saturated heterocycles. The molecular formula is C54H34N2S. The van der Waals surface area contributed by atoms with Crippen molar-refractivity contribution in [3.8, 4) is 44.8 Å². The van der Waals surface area contributed by atoms with Gasteiger partial charge in [0, 0.05) is 53.1 Å². The van der Waals surface area contributed by atoms with Gasteiger partial charge in [0.2, 0.25) is 0 Å². The van der Waals surface area contributed by atoms with Gasteiger partial charge in [0.05, 0.1) is 22.1 Å². The second kappa shape index (κ2) is 12.7. The highest BCUT2D eigenvalue weighted by Crippen LogP contribution is 2.40. The summed E-state index contributed by atoms with van der Waals surface area (Å²) in [6.45, 7) is 0. The first-order chi connectivity index (χ1) is 28.2. The van der Waals surface area contributed by atoms with Crippen molar-refractivity contribution in [2.24, 2.45) is 0 Å². The Hall–Kier alpha value is -7.20. The lowest BCUT2D eigenvalue weighted by molar-refractivity contribution is 1.18. The van der Waals surface area contributed by atoms with Gasteiger partial charge in [0.1, 0.15) is 0 Å². The Kier molecular flexibility index (Phi) is 7.13. The molecule has 0 atom stereocenters. The first-order valence-corrected chi connectivity index (χ1v) is 20.3. The molecule has 0 fully saturated rings. The van der Waals surface area contributed by atoms with Gasteiger partial charge in [-0.2, -0.15) is 0 Å². The third kappa shape index (κ3) is 5.10. The molecule has 2 nitrogen and oxygen atoms in total. The highest BCUT2D eigenvalue weighted by Gasteiger charge is 2.17. The molecule has 0 N–H and O–H groups in total. The smallest absolute Gasteiger partial charge is 0.0541 e. The van der Waals surface area contributed by atoms with E-state index in [1.807, 2.05) is 11.3 Å². The molecule has 266 valence electrons. The zero-order chi connectivity index (χ0) is 37.5. The van der Waals surface area contributed by atoms with Gasteiger partial charge in [0.25, 0.3) is 0 Å². The van der Waals surface area contributed by atoms with Gasteiger partial charge in [-0.1, -0.05) is 127 Å². The highest BCUT2D eigenvalue weighted by atomic mass is 32.1. The molecule has 0 unspecified atom stereocenters. The van der Waals surface area contributed by atoms with Crippen LogP contribution in [0.3, 0.4) is 0 Å². The van der Waals surface area contributed by atoms with Crippen LogP contribution in [0.5, 0.6) is 0 Å². The van der Waals surface area contributed by atoms with Crippen LogP contribution in [0.15, 0.2) is 206 Å². The fourth-order valence-electron chi connectivity index (χ4n) is 9.00. The van der Waals surface area contributed by atoms with E-state index in [4.69, 9.17) is 0 Å². The van der Waals surface area contributed by atoms with Crippen molar-refractivity contribution in [2.45, 2.75) is 0 Å². The van der Waals surface area contributed by atoms with E-state index >= 15 is 0 Å². The van der Waals surface area contributed by atoms with Gasteiger partial charge in [0.15, 0.2) is 0 Å². The van der Waals surface area contributed by atoms with Crippen molar-refractivity contribution in [3.05, 3.63) is 206 Å². The largest absolute Gasteiger partial charge is 0.309 e. The normalized spacial score (nSPS) is 11.9. The summed E-state index contributed by atoms with van der Waals surface area (Å²) in [5, 5.41) is 7.68. The molecule has 0 saturated carbocycles. The number of benzene rings is 9. The average Bonchev–Trinajstić information content (AvgIpc) is 3.94. The molecule has 0 aliphatic rings. The van der Waals surface area contributed by atoms with E-state index in [0.29, 0.717) is 0 Å². The van der Waals surface area contributed by atoms with Crippen LogP contribution in [0.2, 0.25) is 0 Å². The molecule has 0 spiro atoms. The predicted molar refractivity (Wildman–Crippen MR) is 244 cm³/mol. The lowest BCUT2D eigenvalue weighted by atomic mass is 10.0. The monoisotopic (exact) mass is 742 g/mol. The standard InChI is InChI=1S/C54H34N2S/c1-2-10-35(11-3-1)36-18-25-41(26-19-36)55-49-15-7-4-12-43(49)46-32-39(22-29-51(46)55)40-23-30-52-47(33-40)44-13-5-8-16-50(44)56(52)42-27-20-37(21-28-42)38-24-31-54-48(34-38)45-14-6-9-17-53(45)57-54/h1-34H. The highest BCUT2D eigenvalue weighted by molar-refractivity contribution is 7.25. The summed E-state index contributed by atoms with van der Waals surface area (Å²) in [5.74, 6) is 0. The molecule has 3 heterocycles. The van der Waals surface area contributed by atoms with Gasteiger partial charge in [-0.05, 0) is 112 Å². The van der Waals surface area contributed by atoms with Crippen molar-refractivity contribution in [2.75, 3.05) is 0 Å². The Morgan fingerprint density at radius 3 is 1.23 bits per heavy atom. The SMILES string of the molecule is c1ccc(-c2ccc(-n3c4ccccc4c4cc(-c5ccc6c(c5)c5ccccc5n6-c5ccc(-c6ccc7sc8ccccc8c7c6)cc5)ccc43)cc2)cc1. The fourth-order valence-corrected chi connectivity index (χ4v) is 10.1. The van der Waals surface area contributed by atoms with Crippen molar-refractivity contribution >= 4 is 75.1 Å². The summed E-state index contributed by atoms with van der Waals surface area (Å²) in [4.78, 5) is 0. The van der Waals surface area contributed by atoms with Gasteiger partial charge >= 0.3 is 0 Å². The second-order valence-corrected chi connectivity index (χ2v) is 16.0. The number of para-hydroxylation sites is 2. The first kappa shape index (κ1) is 32.1. The summed E-state index contributed by atoms with van der Waals surface area (Å²) in [7, 11) is 0. The van der Waals surface area contributed by atoms with Gasteiger partial charge < -0.3 is 9.13 Å². The quantitative estimate of drug-likeness (QED) is 0.166. The molecule has 12 aromatic rings. The van der Waals surface area contributed by atoms with Crippen LogP contribution in [-0.4, -0.2) is 9.13 Å². The summed E-state index contributed by atoms with van der Waals surface area (Å²) >= 11 is 1.86. The predicted octanol–water partition coefficient (Wildman–Crippen LogP) is 15.2. The van der Waals surface area contributed by atoms with E-state index < -0.39 is 0 Å². The molecular weight excluding hydrogens is 709 g/mol. The summed E-state index contributed by atoms with van der Waals surface area (Å²) in [5.41, 5.74) is 14.5. The van der Waals surface area contributed by atoms with Crippen LogP contribution >= 0.6 is 11.3 Å². The Morgan fingerprint density at radius 2 is 0.632 bits per heavy atom. The molecule has 57 heavy (non-hydrogen) atoms. The van der Waals surface area contributed by atoms with Crippen LogP contribution in [0, 0.1) is 0 Å². The third-order valence-corrected chi connectivity index (χ3v) is 12.9. The molecule has 9 aromatic carbocycles. The maximum absolute atomic E-state index is 2.41. The molecule has 0 aliphatic carbocycles. The summed E-state index contributed by atoms with van der Waals surface area (Å²) < 4.78 is 7.48. The van der Waals surface area contributed by atoms with Crippen LogP contribution in [-0.2, 0) is 0 Å². The molecule has 0 radical (unpaired) electrons. The van der Waals surface area contributed by atoms with Crippen LogP contribution < -0.4 is 0 Å². The zero-order valence-electron chi connectivity index (χ0n) is 30.9. The number of hydrogen-bond donors (Lipinski definition) is 0. The minimum atomic E-state index is 1.16. The molecule has 3 heteroatoms. The number of aromatic nitrogens is 2. The number of nitrogens with zero attached hydrogens (tertiary/aromatic N) is 2. The Balaban J connectivity index is 0.935. The van der Waals surface area contributed by atoms with Crippen molar-refractivity contribution in [1.29, 1.82) is 0 Å². The van der Waals surface area contributed by atoms with Gasteiger partial charge in [-0.25, -0.2) is 0 Å². The van der Waals surface area contributed by atoms with Crippen molar-refractivity contribution in [3.63, 3.8) is 0 Å². The average molecular weight is 743 g/mol. The van der Waals surface area contributed by atoms with E-state index in [0.717, 1.165) is 11.4 Å². The second-order valence-electron chi connectivity index (χ2n) is 14.9. The van der Waals surface area contributed by atoms with Crippen molar-refractivity contribution in [1.82, 2.24) is 9.13 Å². The molecule has 0 bridgehead atoms.